The monoisotopic (exact) mass is 382 g/mol. The van der Waals surface area contributed by atoms with E-state index in [0.717, 1.165) is 15.6 Å². The zero-order valence-electron chi connectivity index (χ0n) is 14.7. The van der Waals surface area contributed by atoms with E-state index in [4.69, 9.17) is 4.74 Å². The summed E-state index contributed by atoms with van der Waals surface area (Å²) in [6.45, 7) is 1.18. The maximum absolute atomic E-state index is 11.9. The predicted octanol–water partition coefficient (Wildman–Crippen LogP) is 3.12. The van der Waals surface area contributed by atoms with Gasteiger partial charge in [-0.05, 0) is 42.0 Å². The number of ether oxygens (including phenoxy) is 1. The van der Waals surface area contributed by atoms with Crippen LogP contribution in [0.25, 0.3) is 10.8 Å². The minimum absolute atomic E-state index is 0.293. The number of fused-ring (bicyclic) bond motifs is 1. The number of rotatable bonds is 6. The fourth-order valence-corrected chi connectivity index (χ4v) is 3.24. The SMILES string of the molecule is Cc1ccc(C(=O)NCC(=O)OCC(=O)Nc2ccc3ccccc3c2)s1. The highest BCUT2D eigenvalue weighted by Crippen LogP contribution is 2.18. The molecule has 1 aromatic heterocycles. The molecule has 6 nitrogen and oxygen atoms in total. The molecule has 2 amide bonds. The summed E-state index contributed by atoms with van der Waals surface area (Å²) in [5, 5.41) is 7.22. The summed E-state index contributed by atoms with van der Waals surface area (Å²) in [6, 6.07) is 16.8. The van der Waals surface area contributed by atoms with Crippen molar-refractivity contribution >= 4 is 45.6 Å². The molecular weight excluding hydrogens is 364 g/mol. The highest BCUT2D eigenvalue weighted by Gasteiger charge is 2.12. The number of hydrogen-bond acceptors (Lipinski definition) is 5. The third-order valence-corrected chi connectivity index (χ3v) is 4.75. The Balaban J connectivity index is 1.44. The summed E-state index contributed by atoms with van der Waals surface area (Å²) in [4.78, 5) is 37.0. The van der Waals surface area contributed by atoms with Crippen LogP contribution in [0.4, 0.5) is 5.69 Å². The molecule has 0 saturated heterocycles. The fourth-order valence-electron chi connectivity index (χ4n) is 2.46. The van der Waals surface area contributed by atoms with Crippen LogP contribution in [-0.2, 0) is 14.3 Å². The van der Waals surface area contributed by atoms with Gasteiger partial charge < -0.3 is 15.4 Å². The molecular formula is C20H18N2O4S. The second-order valence-electron chi connectivity index (χ2n) is 5.86. The second kappa shape index (κ2) is 8.46. The maximum Gasteiger partial charge on any atom is 0.325 e. The molecule has 0 bridgehead atoms. The minimum atomic E-state index is -0.676. The first-order valence-electron chi connectivity index (χ1n) is 8.30. The zero-order valence-corrected chi connectivity index (χ0v) is 15.5. The molecule has 0 atom stereocenters. The van der Waals surface area contributed by atoms with Crippen LogP contribution >= 0.6 is 11.3 Å². The number of thiophene rings is 1. The molecule has 0 radical (unpaired) electrons. The van der Waals surface area contributed by atoms with Crippen molar-refractivity contribution < 1.29 is 19.1 Å². The van der Waals surface area contributed by atoms with E-state index in [1.807, 2.05) is 49.4 Å². The third-order valence-electron chi connectivity index (χ3n) is 3.75. The molecule has 7 heteroatoms. The molecule has 0 aliphatic heterocycles. The highest BCUT2D eigenvalue weighted by atomic mass is 32.1. The number of hydrogen-bond donors (Lipinski definition) is 2. The van der Waals surface area contributed by atoms with E-state index in [1.54, 1.807) is 12.1 Å². The molecule has 138 valence electrons. The van der Waals surface area contributed by atoms with E-state index in [2.05, 4.69) is 10.6 Å². The zero-order chi connectivity index (χ0) is 19.2. The maximum atomic E-state index is 11.9. The van der Waals surface area contributed by atoms with Crippen LogP contribution in [-0.4, -0.2) is 30.9 Å². The summed E-state index contributed by atoms with van der Waals surface area (Å²) < 4.78 is 4.89. The van der Waals surface area contributed by atoms with Crippen LogP contribution in [0.5, 0.6) is 0 Å². The first kappa shape index (κ1) is 18.6. The summed E-state index contributed by atoms with van der Waals surface area (Å²) in [6.07, 6.45) is 0. The van der Waals surface area contributed by atoms with E-state index in [9.17, 15) is 14.4 Å². The van der Waals surface area contributed by atoms with Gasteiger partial charge in [0.15, 0.2) is 6.61 Å². The standard InChI is InChI=1S/C20H18N2O4S/c1-13-6-9-17(27-13)20(25)21-11-19(24)26-12-18(23)22-16-8-7-14-4-2-3-5-15(14)10-16/h2-10H,11-12H2,1H3,(H,21,25)(H,22,23). The molecule has 3 rings (SSSR count). The summed E-state index contributed by atoms with van der Waals surface area (Å²) in [7, 11) is 0. The van der Waals surface area contributed by atoms with Crippen LogP contribution < -0.4 is 10.6 Å². The number of carbonyl (C=O) groups excluding carboxylic acids is 3. The number of nitrogens with one attached hydrogen (secondary N) is 2. The molecule has 3 aromatic rings. The lowest BCUT2D eigenvalue weighted by atomic mass is 10.1. The number of carbonyl (C=O) groups is 3. The number of anilines is 1. The minimum Gasteiger partial charge on any atom is -0.454 e. The normalized spacial score (nSPS) is 10.4. The van der Waals surface area contributed by atoms with Gasteiger partial charge in [-0.1, -0.05) is 30.3 Å². The van der Waals surface area contributed by atoms with Crippen molar-refractivity contribution in [2.45, 2.75) is 6.92 Å². The Morgan fingerprint density at radius 1 is 1.00 bits per heavy atom. The van der Waals surface area contributed by atoms with Crippen molar-refractivity contribution in [2.75, 3.05) is 18.5 Å². The van der Waals surface area contributed by atoms with Crippen molar-refractivity contribution in [3.63, 3.8) is 0 Å². The first-order valence-corrected chi connectivity index (χ1v) is 9.12. The second-order valence-corrected chi connectivity index (χ2v) is 7.15. The Hall–Kier alpha value is -3.19. The lowest BCUT2D eigenvalue weighted by Crippen LogP contribution is -2.31. The molecule has 0 aliphatic rings. The van der Waals surface area contributed by atoms with Gasteiger partial charge in [0.2, 0.25) is 0 Å². The number of aryl methyl sites for hydroxylation is 1. The number of esters is 1. The topological polar surface area (TPSA) is 84.5 Å². The third kappa shape index (κ3) is 5.15. The van der Waals surface area contributed by atoms with E-state index < -0.39 is 18.5 Å². The van der Waals surface area contributed by atoms with Gasteiger partial charge in [-0.15, -0.1) is 11.3 Å². The predicted molar refractivity (Wildman–Crippen MR) is 105 cm³/mol. The lowest BCUT2D eigenvalue weighted by Gasteiger charge is -2.08. The van der Waals surface area contributed by atoms with Gasteiger partial charge >= 0.3 is 5.97 Å². The van der Waals surface area contributed by atoms with Gasteiger partial charge in [-0.3, -0.25) is 14.4 Å². The van der Waals surface area contributed by atoms with Gasteiger partial charge in [0, 0.05) is 10.6 Å². The van der Waals surface area contributed by atoms with Crippen molar-refractivity contribution in [2.24, 2.45) is 0 Å². The Morgan fingerprint density at radius 2 is 1.78 bits per heavy atom. The van der Waals surface area contributed by atoms with E-state index in [-0.39, 0.29) is 12.5 Å². The number of amides is 2. The average molecular weight is 382 g/mol. The van der Waals surface area contributed by atoms with Crippen molar-refractivity contribution in [1.82, 2.24) is 5.32 Å². The van der Waals surface area contributed by atoms with E-state index >= 15 is 0 Å². The van der Waals surface area contributed by atoms with E-state index in [0.29, 0.717) is 10.6 Å². The van der Waals surface area contributed by atoms with Gasteiger partial charge in [-0.2, -0.15) is 0 Å². The molecule has 0 saturated carbocycles. The molecule has 0 unspecified atom stereocenters. The Morgan fingerprint density at radius 3 is 2.52 bits per heavy atom. The van der Waals surface area contributed by atoms with Crippen LogP contribution in [0.15, 0.2) is 54.6 Å². The summed E-state index contributed by atoms with van der Waals surface area (Å²) >= 11 is 1.34. The Kier molecular flexibility index (Phi) is 5.83. The summed E-state index contributed by atoms with van der Waals surface area (Å²) in [5.74, 6) is -1.46. The largest absolute Gasteiger partial charge is 0.454 e. The van der Waals surface area contributed by atoms with Gasteiger partial charge in [0.05, 0.1) is 4.88 Å². The van der Waals surface area contributed by atoms with Crippen LogP contribution in [0, 0.1) is 6.92 Å². The van der Waals surface area contributed by atoms with E-state index in [1.165, 1.54) is 11.3 Å². The van der Waals surface area contributed by atoms with Crippen molar-refractivity contribution in [1.29, 1.82) is 0 Å². The van der Waals surface area contributed by atoms with Gasteiger partial charge in [0.25, 0.3) is 11.8 Å². The van der Waals surface area contributed by atoms with Crippen LogP contribution in [0.2, 0.25) is 0 Å². The quantitative estimate of drug-likeness (QED) is 0.642. The van der Waals surface area contributed by atoms with Crippen LogP contribution in [0.1, 0.15) is 14.5 Å². The molecule has 0 aliphatic carbocycles. The average Bonchev–Trinajstić information content (AvgIpc) is 3.11. The lowest BCUT2D eigenvalue weighted by molar-refractivity contribution is -0.146. The van der Waals surface area contributed by atoms with Gasteiger partial charge in [-0.25, -0.2) is 0 Å². The fraction of sp³-hybridized carbons (Fsp3) is 0.150. The smallest absolute Gasteiger partial charge is 0.325 e. The molecule has 1 heterocycles. The molecule has 0 spiro atoms. The van der Waals surface area contributed by atoms with Gasteiger partial charge in [0.1, 0.15) is 6.54 Å². The summed E-state index contributed by atoms with van der Waals surface area (Å²) in [5.41, 5.74) is 0.621. The molecule has 0 fully saturated rings. The van der Waals surface area contributed by atoms with Crippen LogP contribution in [0.3, 0.4) is 0 Å². The first-order chi connectivity index (χ1) is 13.0. The number of benzene rings is 2. The highest BCUT2D eigenvalue weighted by molar-refractivity contribution is 7.13. The van der Waals surface area contributed by atoms with Crippen molar-refractivity contribution in [3.05, 3.63) is 64.4 Å². The molecule has 2 N–H and O–H groups in total. The Bertz CT molecular complexity index is 996. The Labute approximate surface area is 160 Å². The molecule has 27 heavy (non-hydrogen) atoms. The van der Waals surface area contributed by atoms with Crippen molar-refractivity contribution in [3.8, 4) is 0 Å². The molecule has 2 aromatic carbocycles.